The van der Waals surface area contributed by atoms with Crippen LogP contribution in [0.3, 0.4) is 0 Å². The van der Waals surface area contributed by atoms with Gasteiger partial charge in [-0.3, -0.25) is 0 Å². The fraction of sp³-hybridized carbons (Fsp3) is 1.00. The molecule has 0 aliphatic carbocycles. The van der Waals surface area contributed by atoms with Gasteiger partial charge in [0, 0.05) is 19.7 Å². The van der Waals surface area contributed by atoms with E-state index in [9.17, 15) is 8.42 Å². The van der Waals surface area contributed by atoms with E-state index in [0.717, 1.165) is 38.8 Å². The quantitative estimate of drug-likeness (QED) is 0.646. The van der Waals surface area contributed by atoms with E-state index in [1.807, 2.05) is 0 Å². The molecule has 2 atom stereocenters. The first-order valence-electron chi connectivity index (χ1n) is 6.87. The molecular formula is C12H26N2O3S. The highest BCUT2D eigenvalue weighted by Gasteiger charge is 2.22. The molecule has 1 rings (SSSR count). The SMILES string of the molecule is CCCNCC(C)S(=O)(=O)NCC1CCCCO1. The van der Waals surface area contributed by atoms with Crippen molar-refractivity contribution in [3.05, 3.63) is 0 Å². The van der Waals surface area contributed by atoms with Crippen LogP contribution in [0.4, 0.5) is 0 Å². The molecule has 1 aliphatic rings. The summed E-state index contributed by atoms with van der Waals surface area (Å²) in [5.74, 6) is 0. The first kappa shape index (κ1) is 15.9. The van der Waals surface area contributed by atoms with Gasteiger partial charge in [0.2, 0.25) is 10.0 Å². The van der Waals surface area contributed by atoms with Gasteiger partial charge in [-0.15, -0.1) is 0 Å². The van der Waals surface area contributed by atoms with Crippen LogP contribution in [0.1, 0.15) is 39.5 Å². The van der Waals surface area contributed by atoms with Crippen LogP contribution in [-0.4, -0.2) is 46.0 Å². The summed E-state index contributed by atoms with van der Waals surface area (Å²) >= 11 is 0. The van der Waals surface area contributed by atoms with Crippen molar-refractivity contribution in [2.24, 2.45) is 0 Å². The van der Waals surface area contributed by atoms with Crippen molar-refractivity contribution in [2.45, 2.75) is 50.9 Å². The van der Waals surface area contributed by atoms with Gasteiger partial charge in [0.15, 0.2) is 0 Å². The second-order valence-corrected chi connectivity index (χ2v) is 7.08. The lowest BCUT2D eigenvalue weighted by atomic mass is 10.1. The van der Waals surface area contributed by atoms with Crippen LogP contribution in [0.15, 0.2) is 0 Å². The third-order valence-corrected chi connectivity index (χ3v) is 4.97. The summed E-state index contributed by atoms with van der Waals surface area (Å²) in [6.07, 6.45) is 4.21. The fourth-order valence-corrected chi connectivity index (χ4v) is 2.95. The van der Waals surface area contributed by atoms with E-state index in [1.54, 1.807) is 6.92 Å². The third kappa shape index (κ3) is 5.65. The normalized spacial score (nSPS) is 22.9. The molecule has 2 unspecified atom stereocenters. The minimum Gasteiger partial charge on any atom is -0.377 e. The van der Waals surface area contributed by atoms with Crippen molar-refractivity contribution in [1.82, 2.24) is 10.0 Å². The Hall–Kier alpha value is -0.170. The Morgan fingerprint density at radius 2 is 2.17 bits per heavy atom. The highest BCUT2D eigenvalue weighted by Crippen LogP contribution is 2.12. The van der Waals surface area contributed by atoms with E-state index in [4.69, 9.17) is 4.74 Å². The van der Waals surface area contributed by atoms with Crippen LogP contribution in [0.2, 0.25) is 0 Å². The van der Waals surface area contributed by atoms with Crippen LogP contribution < -0.4 is 10.0 Å². The number of ether oxygens (including phenoxy) is 1. The highest BCUT2D eigenvalue weighted by molar-refractivity contribution is 7.90. The minimum absolute atomic E-state index is 0.0457. The van der Waals surface area contributed by atoms with Crippen molar-refractivity contribution < 1.29 is 13.2 Å². The molecule has 1 fully saturated rings. The molecule has 0 bridgehead atoms. The molecular weight excluding hydrogens is 252 g/mol. The van der Waals surface area contributed by atoms with Gasteiger partial charge in [0.25, 0.3) is 0 Å². The van der Waals surface area contributed by atoms with E-state index in [1.165, 1.54) is 0 Å². The van der Waals surface area contributed by atoms with E-state index in [0.29, 0.717) is 13.1 Å². The molecule has 0 radical (unpaired) electrons. The number of hydrogen-bond acceptors (Lipinski definition) is 4. The number of nitrogens with one attached hydrogen (secondary N) is 2. The van der Waals surface area contributed by atoms with Gasteiger partial charge >= 0.3 is 0 Å². The molecule has 0 aromatic carbocycles. The summed E-state index contributed by atoms with van der Waals surface area (Å²) in [4.78, 5) is 0. The Kier molecular flexibility index (Phi) is 7.14. The molecule has 2 N–H and O–H groups in total. The molecule has 6 heteroatoms. The van der Waals surface area contributed by atoms with Crippen molar-refractivity contribution in [3.63, 3.8) is 0 Å². The zero-order valence-corrected chi connectivity index (χ0v) is 12.3. The summed E-state index contributed by atoms with van der Waals surface area (Å²) in [6, 6.07) is 0. The maximum atomic E-state index is 12.0. The number of rotatable bonds is 8. The van der Waals surface area contributed by atoms with Gasteiger partial charge in [-0.05, 0) is 39.2 Å². The number of hydrogen-bond donors (Lipinski definition) is 2. The molecule has 0 aromatic rings. The predicted octanol–water partition coefficient (Wildman–Crippen LogP) is 0.863. The topological polar surface area (TPSA) is 67.4 Å². The molecule has 108 valence electrons. The van der Waals surface area contributed by atoms with E-state index >= 15 is 0 Å². The van der Waals surface area contributed by atoms with Gasteiger partial charge < -0.3 is 10.1 Å². The second kappa shape index (κ2) is 8.09. The maximum absolute atomic E-state index is 12.0. The van der Waals surface area contributed by atoms with E-state index in [2.05, 4.69) is 17.0 Å². The van der Waals surface area contributed by atoms with Crippen LogP contribution in [0.25, 0.3) is 0 Å². The fourth-order valence-electron chi connectivity index (χ4n) is 1.91. The Labute approximate surface area is 111 Å². The Morgan fingerprint density at radius 1 is 1.39 bits per heavy atom. The first-order chi connectivity index (χ1) is 8.56. The van der Waals surface area contributed by atoms with Crippen molar-refractivity contribution in [2.75, 3.05) is 26.2 Å². The van der Waals surface area contributed by atoms with Crippen molar-refractivity contribution in [3.8, 4) is 0 Å². The molecule has 0 aromatic heterocycles. The molecule has 0 spiro atoms. The lowest BCUT2D eigenvalue weighted by Crippen LogP contribution is -2.43. The Morgan fingerprint density at radius 3 is 2.78 bits per heavy atom. The van der Waals surface area contributed by atoms with E-state index in [-0.39, 0.29) is 6.10 Å². The lowest BCUT2D eigenvalue weighted by Gasteiger charge is -2.23. The average Bonchev–Trinajstić information content (AvgIpc) is 2.38. The molecule has 0 amide bonds. The molecule has 1 heterocycles. The summed E-state index contributed by atoms with van der Waals surface area (Å²) in [7, 11) is -3.23. The van der Waals surface area contributed by atoms with Gasteiger partial charge in [-0.25, -0.2) is 13.1 Å². The molecule has 0 saturated carbocycles. The molecule has 18 heavy (non-hydrogen) atoms. The maximum Gasteiger partial charge on any atom is 0.215 e. The Balaban J connectivity index is 2.28. The second-order valence-electron chi connectivity index (χ2n) is 4.90. The first-order valence-corrected chi connectivity index (χ1v) is 8.41. The van der Waals surface area contributed by atoms with Gasteiger partial charge in [0.1, 0.15) is 0 Å². The lowest BCUT2D eigenvalue weighted by molar-refractivity contribution is 0.0200. The van der Waals surface area contributed by atoms with E-state index < -0.39 is 15.3 Å². The summed E-state index contributed by atoms with van der Waals surface area (Å²) in [5, 5.41) is 2.72. The average molecular weight is 278 g/mol. The summed E-state index contributed by atoms with van der Waals surface area (Å²) in [6.45, 7) is 6.29. The standard InChI is InChI=1S/C12H26N2O3S/c1-3-7-13-9-11(2)18(15,16)14-10-12-6-4-5-8-17-12/h11-14H,3-10H2,1-2H3. The Bertz CT molecular complexity index is 313. The summed E-state index contributed by atoms with van der Waals surface area (Å²) in [5.41, 5.74) is 0. The van der Waals surface area contributed by atoms with Crippen LogP contribution in [0, 0.1) is 0 Å². The molecule has 1 aliphatic heterocycles. The zero-order chi connectivity index (χ0) is 13.4. The van der Waals surface area contributed by atoms with Crippen molar-refractivity contribution >= 4 is 10.0 Å². The van der Waals surface area contributed by atoms with Gasteiger partial charge in [-0.1, -0.05) is 6.92 Å². The predicted molar refractivity (Wildman–Crippen MR) is 73.1 cm³/mol. The van der Waals surface area contributed by atoms with Crippen LogP contribution >= 0.6 is 0 Å². The van der Waals surface area contributed by atoms with Crippen LogP contribution in [-0.2, 0) is 14.8 Å². The van der Waals surface area contributed by atoms with Gasteiger partial charge in [-0.2, -0.15) is 0 Å². The van der Waals surface area contributed by atoms with Crippen LogP contribution in [0.5, 0.6) is 0 Å². The van der Waals surface area contributed by atoms with Gasteiger partial charge in [0.05, 0.1) is 11.4 Å². The largest absolute Gasteiger partial charge is 0.377 e. The minimum atomic E-state index is -3.23. The summed E-state index contributed by atoms with van der Waals surface area (Å²) < 4.78 is 32.1. The molecule has 1 saturated heterocycles. The molecule has 5 nitrogen and oxygen atoms in total. The monoisotopic (exact) mass is 278 g/mol. The zero-order valence-electron chi connectivity index (χ0n) is 11.4. The van der Waals surface area contributed by atoms with Crippen molar-refractivity contribution in [1.29, 1.82) is 0 Å². The third-order valence-electron chi connectivity index (χ3n) is 3.17. The number of sulfonamides is 1. The highest BCUT2D eigenvalue weighted by atomic mass is 32.2. The smallest absolute Gasteiger partial charge is 0.215 e.